The third-order valence-electron chi connectivity index (χ3n) is 2.39. The summed E-state index contributed by atoms with van der Waals surface area (Å²) in [6.45, 7) is 2.13. The standard InChI is InChI=1S/C9H18N2O/c1-4-5-9(6-7-9)8(12)10-11(2)3/h4-7H2,1-3H3,(H,10,12). The van der Waals surface area contributed by atoms with Crippen LogP contribution >= 0.6 is 0 Å². The summed E-state index contributed by atoms with van der Waals surface area (Å²) in [4.78, 5) is 11.6. The first-order valence-electron chi connectivity index (χ1n) is 4.59. The smallest absolute Gasteiger partial charge is 0.240 e. The van der Waals surface area contributed by atoms with Gasteiger partial charge in [-0.15, -0.1) is 0 Å². The maximum absolute atomic E-state index is 11.6. The Labute approximate surface area is 74.1 Å². The van der Waals surface area contributed by atoms with Crippen molar-refractivity contribution in [2.45, 2.75) is 32.6 Å². The lowest BCUT2D eigenvalue weighted by molar-refractivity contribution is -0.130. The maximum Gasteiger partial charge on any atom is 0.240 e. The van der Waals surface area contributed by atoms with Crippen LogP contribution in [0, 0.1) is 5.41 Å². The summed E-state index contributed by atoms with van der Waals surface area (Å²) in [6.07, 6.45) is 4.27. The van der Waals surface area contributed by atoms with E-state index in [-0.39, 0.29) is 11.3 Å². The summed E-state index contributed by atoms with van der Waals surface area (Å²) in [5.74, 6) is 0.203. The number of hydrazine groups is 1. The van der Waals surface area contributed by atoms with Crippen molar-refractivity contribution in [3.8, 4) is 0 Å². The molecule has 1 aliphatic rings. The number of carbonyl (C=O) groups excluding carboxylic acids is 1. The lowest BCUT2D eigenvalue weighted by atomic mass is 10.0. The van der Waals surface area contributed by atoms with Gasteiger partial charge in [-0.1, -0.05) is 13.3 Å². The molecule has 0 atom stereocenters. The van der Waals surface area contributed by atoms with Gasteiger partial charge < -0.3 is 0 Å². The van der Waals surface area contributed by atoms with Crippen molar-refractivity contribution in [1.29, 1.82) is 0 Å². The number of carbonyl (C=O) groups is 1. The number of nitrogens with zero attached hydrogens (tertiary/aromatic N) is 1. The van der Waals surface area contributed by atoms with E-state index in [2.05, 4.69) is 12.3 Å². The molecule has 1 aliphatic carbocycles. The van der Waals surface area contributed by atoms with E-state index in [1.165, 1.54) is 0 Å². The number of amides is 1. The van der Waals surface area contributed by atoms with Gasteiger partial charge in [-0.2, -0.15) is 0 Å². The fraction of sp³-hybridized carbons (Fsp3) is 0.889. The van der Waals surface area contributed by atoms with Gasteiger partial charge in [0.1, 0.15) is 0 Å². The second-order valence-electron chi connectivity index (χ2n) is 3.87. The highest BCUT2D eigenvalue weighted by atomic mass is 16.2. The minimum atomic E-state index is -0.000972. The zero-order valence-electron chi connectivity index (χ0n) is 8.18. The van der Waals surface area contributed by atoms with Crippen LogP contribution in [0.15, 0.2) is 0 Å². The highest BCUT2D eigenvalue weighted by molar-refractivity contribution is 5.84. The number of nitrogens with one attached hydrogen (secondary N) is 1. The molecule has 0 unspecified atom stereocenters. The van der Waals surface area contributed by atoms with Crippen LogP contribution in [0.25, 0.3) is 0 Å². The van der Waals surface area contributed by atoms with Gasteiger partial charge in [0.15, 0.2) is 0 Å². The Hall–Kier alpha value is -0.570. The van der Waals surface area contributed by atoms with Gasteiger partial charge >= 0.3 is 0 Å². The second kappa shape index (κ2) is 3.44. The first-order valence-corrected chi connectivity index (χ1v) is 4.59. The van der Waals surface area contributed by atoms with E-state index in [9.17, 15) is 4.79 Å². The third-order valence-corrected chi connectivity index (χ3v) is 2.39. The summed E-state index contributed by atoms with van der Waals surface area (Å²) in [5, 5.41) is 1.72. The zero-order valence-corrected chi connectivity index (χ0v) is 8.18. The molecule has 0 radical (unpaired) electrons. The first kappa shape index (κ1) is 9.52. The van der Waals surface area contributed by atoms with Crippen molar-refractivity contribution < 1.29 is 4.79 Å². The van der Waals surface area contributed by atoms with Crippen LogP contribution in [-0.2, 0) is 4.79 Å². The molecule has 1 amide bonds. The average Bonchev–Trinajstić information content (AvgIpc) is 2.68. The molecule has 0 aromatic heterocycles. The number of hydrogen-bond acceptors (Lipinski definition) is 2. The van der Waals surface area contributed by atoms with Gasteiger partial charge in [0.2, 0.25) is 5.91 Å². The van der Waals surface area contributed by atoms with E-state index in [4.69, 9.17) is 0 Å². The maximum atomic E-state index is 11.6. The van der Waals surface area contributed by atoms with Crippen molar-refractivity contribution >= 4 is 5.91 Å². The zero-order chi connectivity index (χ0) is 9.19. The van der Waals surface area contributed by atoms with E-state index < -0.39 is 0 Å². The molecule has 0 bridgehead atoms. The molecule has 70 valence electrons. The van der Waals surface area contributed by atoms with E-state index in [0.29, 0.717) is 0 Å². The van der Waals surface area contributed by atoms with Crippen molar-refractivity contribution in [3.63, 3.8) is 0 Å². The Kier molecular flexibility index (Phi) is 2.73. The molecule has 1 N–H and O–H groups in total. The number of hydrogen-bond donors (Lipinski definition) is 1. The minimum Gasteiger partial charge on any atom is -0.289 e. The fourth-order valence-electron chi connectivity index (χ4n) is 1.54. The molecule has 3 heteroatoms. The third kappa shape index (κ3) is 1.97. The van der Waals surface area contributed by atoms with Crippen LogP contribution in [-0.4, -0.2) is 25.0 Å². The summed E-state index contributed by atoms with van der Waals surface area (Å²) in [6, 6.07) is 0. The van der Waals surface area contributed by atoms with Crippen LogP contribution in [0.5, 0.6) is 0 Å². The normalized spacial score (nSPS) is 19.3. The lowest BCUT2D eigenvalue weighted by Gasteiger charge is -2.18. The van der Waals surface area contributed by atoms with Crippen molar-refractivity contribution in [3.05, 3.63) is 0 Å². The van der Waals surface area contributed by atoms with Crippen LogP contribution < -0.4 is 5.43 Å². The number of rotatable bonds is 4. The summed E-state index contributed by atoms with van der Waals surface area (Å²) < 4.78 is 0. The highest BCUT2D eigenvalue weighted by Gasteiger charge is 2.48. The molecular weight excluding hydrogens is 152 g/mol. The summed E-state index contributed by atoms with van der Waals surface area (Å²) >= 11 is 0. The van der Waals surface area contributed by atoms with Crippen LogP contribution in [0.1, 0.15) is 32.6 Å². The minimum absolute atomic E-state index is 0.000972. The van der Waals surface area contributed by atoms with E-state index in [0.717, 1.165) is 25.7 Å². The Balaban J connectivity index is 2.40. The van der Waals surface area contributed by atoms with Crippen LogP contribution in [0.2, 0.25) is 0 Å². The Morgan fingerprint density at radius 3 is 2.42 bits per heavy atom. The molecule has 1 saturated carbocycles. The monoisotopic (exact) mass is 170 g/mol. The molecule has 0 aliphatic heterocycles. The molecule has 12 heavy (non-hydrogen) atoms. The highest BCUT2D eigenvalue weighted by Crippen LogP contribution is 2.49. The molecule has 3 nitrogen and oxygen atoms in total. The van der Waals surface area contributed by atoms with Gasteiger partial charge in [0.05, 0.1) is 5.41 Å². The topological polar surface area (TPSA) is 32.3 Å². The average molecular weight is 170 g/mol. The molecule has 1 fully saturated rings. The quantitative estimate of drug-likeness (QED) is 0.642. The predicted molar refractivity (Wildman–Crippen MR) is 48.4 cm³/mol. The SMILES string of the molecule is CCCC1(C(=O)NN(C)C)CC1. The van der Waals surface area contributed by atoms with Crippen molar-refractivity contribution in [2.24, 2.45) is 5.41 Å². The Morgan fingerprint density at radius 2 is 2.08 bits per heavy atom. The van der Waals surface area contributed by atoms with Gasteiger partial charge in [0.25, 0.3) is 0 Å². The lowest BCUT2D eigenvalue weighted by Crippen LogP contribution is -2.41. The summed E-state index contributed by atoms with van der Waals surface area (Å²) in [7, 11) is 3.69. The van der Waals surface area contributed by atoms with Gasteiger partial charge in [-0.3, -0.25) is 10.2 Å². The van der Waals surface area contributed by atoms with Gasteiger partial charge in [-0.05, 0) is 19.3 Å². The van der Waals surface area contributed by atoms with E-state index in [1.54, 1.807) is 5.01 Å². The Morgan fingerprint density at radius 1 is 1.50 bits per heavy atom. The molecule has 0 spiro atoms. The van der Waals surface area contributed by atoms with Crippen LogP contribution in [0.3, 0.4) is 0 Å². The van der Waals surface area contributed by atoms with E-state index >= 15 is 0 Å². The molecule has 0 saturated heterocycles. The van der Waals surface area contributed by atoms with Gasteiger partial charge in [-0.25, -0.2) is 5.01 Å². The largest absolute Gasteiger partial charge is 0.289 e. The Bertz CT molecular complexity index is 173. The first-order chi connectivity index (χ1) is 5.60. The van der Waals surface area contributed by atoms with Crippen LogP contribution in [0.4, 0.5) is 0 Å². The van der Waals surface area contributed by atoms with E-state index in [1.807, 2.05) is 14.1 Å². The molecule has 0 heterocycles. The molecule has 0 aromatic carbocycles. The molecule has 1 rings (SSSR count). The van der Waals surface area contributed by atoms with Gasteiger partial charge in [0, 0.05) is 14.1 Å². The summed E-state index contributed by atoms with van der Waals surface area (Å²) in [5.41, 5.74) is 2.82. The predicted octanol–water partition coefficient (Wildman–Crippen LogP) is 1.16. The van der Waals surface area contributed by atoms with Crippen molar-refractivity contribution in [2.75, 3.05) is 14.1 Å². The fourth-order valence-corrected chi connectivity index (χ4v) is 1.54. The molecular formula is C9H18N2O. The second-order valence-corrected chi connectivity index (χ2v) is 3.87. The molecule has 0 aromatic rings. The van der Waals surface area contributed by atoms with Crippen molar-refractivity contribution in [1.82, 2.24) is 10.4 Å².